The lowest BCUT2D eigenvalue weighted by molar-refractivity contribution is -0.131. The summed E-state index contributed by atoms with van der Waals surface area (Å²) in [5.41, 5.74) is 0. The van der Waals surface area contributed by atoms with Crippen LogP contribution >= 0.6 is 0 Å². The van der Waals surface area contributed by atoms with Crippen molar-refractivity contribution in [3.63, 3.8) is 0 Å². The lowest BCUT2D eigenvalue weighted by Gasteiger charge is -2.34. The summed E-state index contributed by atoms with van der Waals surface area (Å²) in [5.74, 6) is 1.47. The number of carbonyl (C=O) groups is 1. The van der Waals surface area contributed by atoms with Crippen LogP contribution in [0.5, 0.6) is 0 Å². The van der Waals surface area contributed by atoms with Gasteiger partial charge in [0.2, 0.25) is 5.91 Å². The second-order valence-electron chi connectivity index (χ2n) is 4.84. The first kappa shape index (κ1) is 12.2. The van der Waals surface area contributed by atoms with Crippen molar-refractivity contribution in [3.8, 4) is 0 Å². The molecule has 1 amide bonds. The monoisotopic (exact) mass is 237 g/mol. The Balaban J connectivity index is 1.68. The zero-order chi connectivity index (χ0) is 12.3. The Labute approximate surface area is 101 Å². The van der Waals surface area contributed by atoms with Gasteiger partial charge in [0.1, 0.15) is 5.76 Å². The normalized spacial score (nSPS) is 23.2. The minimum absolute atomic E-state index is 0.141. The fourth-order valence-corrected chi connectivity index (χ4v) is 2.21. The number of aryl methyl sites for hydroxylation is 1. The molecule has 1 heterocycles. The van der Waals surface area contributed by atoms with E-state index >= 15 is 0 Å². The predicted octanol–water partition coefficient (Wildman–Crippen LogP) is 1.44. The molecule has 0 aliphatic heterocycles. The molecule has 0 bridgehead atoms. The first-order chi connectivity index (χ1) is 8.15. The highest BCUT2D eigenvalue weighted by atomic mass is 16.3. The summed E-state index contributed by atoms with van der Waals surface area (Å²) in [6.45, 7) is 0.758. The second kappa shape index (κ2) is 5.36. The summed E-state index contributed by atoms with van der Waals surface area (Å²) in [7, 11) is 1.83. The van der Waals surface area contributed by atoms with Crippen LogP contribution in [0.25, 0.3) is 0 Å². The molecule has 0 saturated heterocycles. The van der Waals surface area contributed by atoms with Gasteiger partial charge in [-0.2, -0.15) is 0 Å². The van der Waals surface area contributed by atoms with Crippen LogP contribution in [0.4, 0.5) is 0 Å². The number of aliphatic hydroxyl groups is 1. The number of carbonyl (C=O) groups excluding carboxylic acids is 1. The number of furan rings is 1. The molecule has 1 fully saturated rings. The van der Waals surface area contributed by atoms with Gasteiger partial charge in [-0.05, 0) is 30.9 Å². The minimum atomic E-state index is -0.147. The molecule has 0 spiro atoms. The van der Waals surface area contributed by atoms with E-state index in [9.17, 15) is 9.90 Å². The summed E-state index contributed by atoms with van der Waals surface area (Å²) in [5, 5.41) is 9.18. The zero-order valence-corrected chi connectivity index (χ0v) is 10.1. The molecular formula is C13H19NO3. The van der Waals surface area contributed by atoms with Crippen molar-refractivity contribution in [1.29, 1.82) is 0 Å². The molecule has 0 radical (unpaired) electrons. The highest BCUT2D eigenvalue weighted by molar-refractivity contribution is 5.76. The van der Waals surface area contributed by atoms with Crippen LogP contribution < -0.4 is 0 Å². The summed E-state index contributed by atoms with van der Waals surface area (Å²) < 4.78 is 5.19. The van der Waals surface area contributed by atoms with Crippen LogP contribution in [0.15, 0.2) is 22.8 Å². The largest absolute Gasteiger partial charge is 0.469 e. The number of aliphatic hydroxyl groups excluding tert-OH is 1. The van der Waals surface area contributed by atoms with Gasteiger partial charge in [0.15, 0.2) is 0 Å². The molecule has 1 aromatic heterocycles. The van der Waals surface area contributed by atoms with Crippen LogP contribution in [0.3, 0.4) is 0 Å². The van der Waals surface area contributed by atoms with Crippen LogP contribution in [0, 0.1) is 5.92 Å². The van der Waals surface area contributed by atoms with E-state index in [2.05, 4.69) is 0 Å². The molecule has 4 nitrogen and oxygen atoms in total. The quantitative estimate of drug-likeness (QED) is 0.843. The molecule has 94 valence electrons. The number of amides is 1. The SMILES string of the molecule is CN(CC1CC(O)C1)C(=O)CCc1ccco1. The maximum atomic E-state index is 11.8. The third-order valence-electron chi connectivity index (χ3n) is 3.33. The molecule has 0 unspecified atom stereocenters. The average molecular weight is 237 g/mol. The van der Waals surface area contributed by atoms with Crippen molar-refractivity contribution < 1.29 is 14.3 Å². The van der Waals surface area contributed by atoms with Crippen molar-refractivity contribution in [2.45, 2.75) is 31.8 Å². The fraction of sp³-hybridized carbons (Fsp3) is 0.615. The van der Waals surface area contributed by atoms with Gasteiger partial charge in [-0.3, -0.25) is 4.79 Å². The van der Waals surface area contributed by atoms with Crippen LogP contribution in [-0.2, 0) is 11.2 Å². The molecule has 1 aromatic rings. The van der Waals surface area contributed by atoms with Crippen LogP contribution in [0.1, 0.15) is 25.0 Å². The van der Waals surface area contributed by atoms with E-state index in [4.69, 9.17) is 4.42 Å². The summed E-state index contributed by atoms with van der Waals surface area (Å²) in [6, 6.07) is 3.72. The molecule has 4 heteroatoms. The first-order valence-corrected chi connectivity index (χ1v) is 6.09. The lowest BCUT2D eigenvalue weighted by atomic mass is 9.82. The molecule has 1 saturated carbocycles. The Kier molecular flexibility index (Phi) is 3.84. The van der Waals surface area contributed by atoms with Crippen LogP contribution in [-0.4, -0.2) is 35.6 Å². The van der Waals surface area contributed by atoms with Gasteiger partial charge < -0.3 is 14.4 Å². The van der Waals surface area contributed by atoms with Gasteiger partial charge in [-0.1, -0.05) is 0 Å². The number of nitrogens with zero attached hydrogens (tertiary/aromatic N) is 1. The van der Waals surface area contributed by atoms with Crippen molar-refractivity contribution in [1.82, 2.24) is 4.90 Å². The molecule has 0 atom stereocenters. The van der Waals surface area contributed by atoms with Gasteiger partial charge in [0.25, 0.3) is 0 Å². The predicted molar refractivity (Wildman–Crippen MR) is 63.4 cm³/mol. The number of rotatable bonds is 5. The van der Waals surface area contributed by atoms with E-state index in [0.29, 0.717) is 18.8 Å². The Morgan fingerprint density at radius 1 is 1.59 bits per heavy atom. The van der Waals surface area contributed by atoms with E-state index in [1.807, 2.05) is 19.2 Å². The summed E-state index contributed by atoms with van der Waals surface area (Å²) in [4.78, 5) is 13.6. The smallest absolute Gasteiger partial charge is 0.222 e. The number of hydrogen-bond donors (Lipinski definition) is 1. The Morgan fingerprint density at radius 3 is 2.94 bits per heavy atom. The van der Waals surface area contributed by atoms with Crippen molar-refractivity contribution >= 4 is 5.91 Å². The molecule has 1 aliphatic rings. The summed E-state index contributed by atoms with van der Waals surface area (Å²) >= 11 is 0. The Morgan fingerprint density at radius 2 is 2.35 bits per heavy atom. The van der Waals surface area contributed by atoms with E-state index in [-0.39, 0.29) is 12.0 Å². The molecule has 1 N–H and O–H groups in total. The molecule has 0 aromatic carbocycles. The van der Waals surface area contributed by atoms with Crippen LogP contribution in [0.2, 0.25) is 0 Å². The van der Waals surface area contributed by atoms with E-state index < -0.39 is 0 Å². The standard InChI is InChI=1S/C13H19NO3/c1-14(9-10-7-11(15)8-10)13(16)5-4-12-3-2-6-17-12/h2-3,6,10-11,15H,4-5,7-9H2,1H3. The highest BCUT2D eigenvalue weighted by Gasteiger charge is 2.28. The Bertz CT molecular complexity index is 355. The third-order valence-corrected chi connectivity index (χ3v) is 3.33. The molecule has 1 aliphatic carbocycles. The zero-order valence-electron chi connectivity index (χ0n) is 10.1. The molecular weight excluding hydrogens is 218 g/mol. The van der Waals surface area contributed by atoms with Gasteiger partial charge in [0.05, 0.1) is 12.4 Å². The van der Waals surface area contributed by atoms with E-state index in [1.165, 1.54) is 0 Å². The Hall–Kier alpha value is -1.29. The van der Waals surface area contributed by atoms with Gasteiger partial charge in [0, 0.05) is 26.4 Å². The summed E-state index contributed by atoms with van der Waals surface area (Å²) in [6.07, 6.45) is 4.28. The third kappa shape index (κ3) is 3.33. The van der Waals surface area contributed by atoms with Gasteiger partial charge in [-0.15, -0.1) is 0 Å². The van der Waals surface area contributed by atoms with Crippen molar-refractivity contribution in [2.24, 2.45) is 5.92 Å². The van der Waals surface area contributed by atoms with E-state index in [0.717, 1.165) is 25.1 Å². The minimum Gasteiger partial charge on any atom is -0.469 e. The van der Waals surface area contributed by atoms with Crippen molar-refractivity contribution in [2.75, 3.05) is 13.6 Å². The number of hydrogen-bond acceptors (Lipinski definition) is 3. The maximum absolute atomic E-state index is 11.8. The second-order valence-corrected chi connectivity index (χ2v) is 4.84. The molecule has 2 rings (SSSR count). The molecule has 17 heavy (non-hydrogen) atoms. The van der Waals surface area contributed by atoms with Crippen molar-refractivity contribution in [3.05, 3.63) is 24.2 Å². The average Bonchev–Trinajstić information content (AvgIpc) is 2.76. The first-order valence-electron chi connectivity index (χ1n) is 6.09. The highest BCUT2D eigenvalue weighted by Crippen LogP contribution is 2.27. The topological polar surface area (TPSA) is 53.7 Å². The van der Waals surface area contributed by atoms with E-state index in [1.54, 1.807) is 11.2 Å². The lowest BCUT2D eigenvalue weighted by Crippen LogP contribution is -2.39. The van der Waals surface area contributed by atoms with Gasteiger partial charge >= 0.3 is 0 Å². The maximum Gasteiger partial charge on any atom is 0.222 e. The fourth-order valence-electron chi connectivity index (χ4n) is 2.21. The van der Waals surface area contributed by atoms with Gasteiger partial charge in [-0.25, -0.2) is 0 Å².